The van der Waals surface area contributed by atoms with Gasteiger partial charge in [0.25, 0.3) is 5.91 Å². The summed E-state index contributed by atoms with van der Waals surface area (Å²) in [6, 6.07) is 11.3. The fourth-order valence-electron chi connectivity index (χ4n) is 2.81. The van der Waals surface area contributed by atoms with E-state index in [1.165, 1.54) is 0 Å². The van der Waals surface area contributed by atoms with Crippen LogP contribution in [0.2, 0.25) is 0 Å². The van der Waals surface area contributed by atoms with E-state index in [4.69, 9.17) is 4.74 Å². The van der Waals surface area contributed by atoms with Gasteiger partial charge in [-0.25, -0.2) is 4.98 Å². The lowest BCUT2D eigenvalue weighted by Crippen LogP contribution is -2.38. The van der Waals surface area contributed by atoms with Crippen molar-refractivity contribution in [3.63, 3.8) is 0 Å². The predicted molar refractivity (Wildman–Crippen MR) is 94.8 cm³/mol. The number of benzene rings is 1. The first-order valence-corrected chi connectivity index (χ1v) is 8.32. The van der Waals surface area contributed by atoms with Gasteiger partial charge in [-0.1, -0.05) is 6.92 Å². The molecule has 1 amide bonds. The number of methoxy groups -OCH3 is 1. The van der Waals surface area contributed by atoms with Crippen LogP contribution in [0.25, 0.3) is 0 Å². The van der Waals surface area contributed by atoms with Gasteiger partial charge in [0.2, 0.25) is 0 Å². The molecule has 1 aromatic carbocycles. The third kappa shape index (κ3) is 3.85. The van der Waals surface area contributed by atoms with Crippen LogP contribution in [0.5, 0.6) is 5.75 Å². The second kappa shape index (κ2) is 7.34. The zero-order chi connectivity index (χ0) is 16.9. The van der Waals surface area contributed by atoms with Crippen LogP contribution in [-0.2, 0) is 0 Å². The maximum atomic E-state index is 12.5. The van der Waals surface area contributed by atoms with Crippen LogP contribution in [0.4, 0.5) is 11.4 Å². The number of hydrogen-bond donors (Lipinski definition) is 1. The number of anilines is 2. The molecular weight excluding hydrogens is 302 g/mol. The van der Waals surface area contributed by atoms with Crippen molar-refractivity contribution in [1.82, 2.24) is 9.88 Å². The van der Waals surface area contributed by atoms with E-state index in [2.05, 4.69) is 17.2 Å². The number of hydrogen-bond acceptors (Lipinski definition) is 4. The molecule has 0 radical (unpaired) electrons. The number of likely N-dealkylation sites (tertiary alicyclic amines) is 1. The van der Waals surface area contributed by atoms with Crippen molar-refractivity contribution < 1.29 is 9.53 Å². The van der Waals surface area contributed by atoms with Crippen LogP contribution in [-0.4, -0.2) is 36.0 Å². The third-order valence-electron chi connectivity index (χ3n) is 4.43. The number of nitrogens with zero attached hydrogens (tertiary/aromatic N) is 2. The monoisotopic (exact) mass is 325 g/mol. The zero-order valence-corrected chi connectivity index (χ0v) is 14.2. The summed E-state index contributed by atoms with van der Waals surface area (Å²) in [7, 11) is 1.64. The molecule has 1 aliphatic rings. The van der Waals surface area contributed by atoms with Crippen molar-refractivity contribution in [2.45, 2.75) is 19.8 Å². The van der Waals surface area contributed by atoms with E-state index in [1.807, 2.05) is 35.2 Å². The molecule has 0 aliphatic carbocycles. The fourth-order valence-corrected chi connectivity index (χ4v) is 2.81. The first-order chi connectivity index (χ1) is 11.7. The molecule has 126 valence electrons. The second-order valence-electron chi connectivity index (χ2n) is 6.26. The number of ether oxygens (including phenoxy) is 1. The van der Waals surface area contributed by atoms with Gasteiger partial charge >= 0.3 is 0 Å². The number of carbonyl (C=O) groups excluding carboxylic acids is 1. The number of pyridine rings is 1. The molecule has 1 fully saturated rings. The van der Waals surface area contributed by atoms with E-state index in [0.29, 0.717) is 11.6 Å². The summed E-state index contributed by atoms with van der Waals surface area (Å²) in [4.78, 5) is 18.7. The van der Waals surface area contributed by atoms with Crippen LogP contribution in [0.15, 0.2) is 42.6 Å². The quantitative estimate of drug-likeness (QED) is 0.931. The molecule has 0 saturated carbocycles. The molecule has 3 rings (SSSR count). The molecule has 2 aromatic rings. The molecule has 0 unspecified atom stereocenters. The van der Waals surface area contributed by atoms with Gasteiger partial charge in [-0.3, -0.25) is 4.79 Å². The first-order valence-electron chi connectivity index (χ1n) is 8.32. The zero-order valence-electron chi connectivity index (χ0n) is 14.2. The summed E-state index contributed by atoms with van der Waals surface area (Å²) in [6.45, 7) is 3.89. The van der Waals surface area contributed by atoms with Gasteiger partial charge in [0, 0.05) is 18.8 Å². The Morgan fingerprint density at radius 2 is 1.79 bits per heavy atom. The maximum Gasteiger partial charge on any atom is 0.272 e. The highest BCUT2D eigenvalue weighted by molar-refractivity contribution is 5.92. The number of aromatic nitrogens is 1. The van der Waals surface area contributed by atoms with Gasteiger partial charge in [0.15, 0.2) is 0 Å². The number of rotatable bonds is 4. The lowest BCUT2D eigenvalue weighted by atomic mass is 9.99. The molecule has 5 heteroatoms. The summed E-state index contributed by atoms with van der Waals surface area (Å²) >= 11 is 0. The number of piperidine rings is 1. The normalized spacial score (nSPS) is 15.2. The average molecular weight is 325 g/mol. The number of amides is 1. The van der Waals surface area contributed by atoms with Crippen molar-refractivity contribution in [2.24, 2.45) is 5.92 Å². The van der Waals surface area contributed by atoms with Crippen LogP contribution >= 0.6 is 0 Å². The highest BCUT2D eigenvalue weighted by Gasteiger charge is 2.22. The van der Waals surface area contributed by atoms with E-state index in [-0.39, 0.29) is 5.91 Å². The summed E-state index contributed by atoms with van der Waals surface area (Å²) < 4.78 is 5.14. The Bertz CT molecular complexity index is 675. The van der Waals surface area contributed by atoms with E-state index in [9.17, 15) is 4.79 Å². The minimum absolute atomic E-state index is 0.0258. The topological polar surface area (TPSA) is 54.5 Å². The van der Waals surface area contributed by atoms with Gasteiger partial charge in [-0.05, 0) is 55.2 Å². The standard InChI is InChI=1S/C19H23N3O2/c1-14-9-11-22(12-10-14)19(23)18-8-5-16(13-20-18)21-15-3-6-17(24-2)7-4-15/h3-8,13-14,21H,9-12H2,1-2H3. The summed E-state index contributed by atoms with van der Waals surface area (Å²) in [5, 5.41) is 3.26. The van der Waals surface area contributed by atoms with Crippen molar-refractivity contribution in [3.8, 4) is 5.75 Å². The molecule has 2 heterocycles. The molecular formula is C19H23N3O2. The number of carbonyl (C=O) groups is 1. The Labute approximate surface area is 142 Å². The molecule has 0 spiro atoms. The molecule has 5 nitrogen and oxygen atoms in total. The predicted octanol–water partition coefficient (Wildman–Crippen LogP) is 3.71. The Morgan fingerprint density at radius 1 is 1.12 bits per heavy atom. The minimum atomic E-state index is 0.0258. The van der Waals surface area contributed by atoms with E-state index in [1.54, 1.807) is 19.4 Å². The molecule has 1 aromatic heterocycles. The molecule has 0 bridgehead atoms. The van der Waals surface area contributed by atoms with Gasteiger partial charge in [-0.2, -0.15) is 0 Å². The molecule has 1 N–H and O–H groups in total. The average Bonchev–Trinajstić information content (AvgIpc) is 2.63. The van der Waals surface area contributed by atoms with Crippen LogP contribution in [0, 0.1) is 5.92 Å². The molecule has 1 saturated heterocycles. The van der Waals surface area contributed by atoms with Crippen molar-refractivity contribution >= 4 is 17.3 Å². The minimum Gasteiger partial charge on any atom is -0.497 e. The van der Waals surface area contributed by atoms with Crippen molar-refractivity contribution in [1.29, 1.82) is 0 Å². The SMILES string of the molecule is COc1ccc(Nc2ccc(C(=O)N3CCC(C)CC3)nc2)cc1. The fraction of sp³-hybridized carbons (Fsp3) is 0.368. The van der Waals surface area contributed by atoms with Crippen molar-refractivity contribution in [2.75, 3.05) is 25.5 Å². The Hall–Kier alpha value is -2.56. The van der Waals surface area contributed by atoms with Crippen LogP contribution < -0.4 is 10.1 Å². The van der Waals surface area contributed by atoms with Gasteiger partial charge in [0.05, 0.1) is 19.0 Å². The Balaban J connectivity index is 1.63. The lowest BCUT2D eigenvalue weighted by Gasteiger charge is -2.30. The largest absolute Gasteiger partial charge is 0.497 e. The second-order valence-corrected chi connectivity index (χ2v) is 6.26. The third-order valence-corrected chi connectivity index (χ3v) is 4.43. The van der Waals surface area contributed by atoms with Gasteiger partial charge in [-0.15, -0.1) is 0 Å². The Kier molecular flexibility index (Phi) is 4.99. The van der Waals surface area contributed by atoms with Crippen LogP contribution in [0.3, 0.4) is 0 Å². The summed E-state index contributed by atoms with van der Waals surface area (Å²) in [5.41, 5.74) is 2.30. The molecule has 1 aliphatic heterocycles. The van der Waals surface area contributed by atoms with Gasteiger partial charge < -0.3 is 15.0 Å². The van der Waals surface area contributed by atoms with Crippen LogP contribution in [0.1, 0.15) is 30.3 Å². The Morgan fingerprint density at radius 3 is 2.38 bits per heavy atom. The smallest absolute Gasteiger partial charge is 0.272 e. The highest BCUT2D eigenvalue weighted by atomic mass is 16.5. The lowest BCUT2D eigenvalue weighted by molar-refractivity contribution is 0.0691. The number of nitrogens with one attached hydrogen (secondary N) is 1. The van der Waals surface area contributed by atoms with E-state index >= 15 is 0 Å². The maximum absolute atomic E-state index is 12.5. The van der Waals surface area contributed by atoms with E-state index in [0.717, 1.165) is 43.1 Å². The van der Waals surface area contributed by atoms with Gasteiger partial charge in [0.1, 0.15) is 11.4 Å². The highest BCUT2D eigenvalue weighted by Crippen LogP contribution is 2.21. The summed E-state index contributed by atoms with van der Waals surface area (Å²) in [5.74, 6) is 1.55. The van der Waals surface area contributed by atoms with E-state index < -0.39 is 0 Å². The molecule has 0 atom stereocenters. The first kappa shape index (κ1) is 16.3. The summed E-state index contributed by atoms with van der Waals surface area (Å²) in [6.07, 6.45) is 3.84. The molecule has 24 heavy (non-hydrogen) atoms. The van der Waals surface area contributed by atoms with Crippen molar-refractivity contribution in [3.05, 3.63) is 48.3 Å².